The lowest BCUT2D eigenvalue weighted by atomic mass is 10.2. The van der Waals surface area contributed by atoms with Crippen LogP contribution in [0.1, 0.15) is 13.3 Å². The molecule has 0 aliphatic carbocycles. The Morgan fingerprint density at radius 3 is 2.60 bits per heavy atom. The first-order chi connectivity index (χ1) is 9.29. The number of hydrogen-bond acceptors (Lipinski definition) is 7. The number of rotatable bonds is 6. The van der Waals surface area contributed by atoms with Crippen molar-refractivity contribution in [2.45, 2.75) is 13.3 Å². The van der Waals surface area contributed by atoms with Crippen molar-refractivity contribution < 1.29 is 27.1 Å². The Hall–Kier alpha value is -2.36. The Balaban J connectivity index is 3.02. The van der Waals surface area contributed by atoms with Crippen LogP contribution in [0, 0.1) is 10.1 Å². The van der Waals surface area contributed by atoms with Crippen molar-refractivity contribution in [1.29, 1.82) is 0 Å². The van der Waals surface area contributed by atoms with Gasteiger partial charge in [-0.2, -0.15) is 8.42 Å². The molecule has 0 atom stereocenters. The molecule has 20 heavy (non-hydrogen) atoms. The predicted octanol–water partition coefficient (Wildman–Crippen LogP) is 1.21. The van der Waals surface area contributed by atoms with Gasteiger partial charge in [0.1, 0.15) is 0 Å². The van der Waals surface area contributed by atoms with Gasteiger partial charge in [-0.1, -0.05) is 6.92 Å². The van der Waals surface area contributed by atoms with E-state index in [-0.39, 0.29) is 17.9 Å². The van der Waals surface area contributed by atoms with Crippen LogP contribution < -0.4 is 9.46 Å². The van der Waals surface area contributed by atoms with Crippen molar-refractivity contribution in [2.75, 3.05) is 11.8 Å². The van der Waals surface area contributed by atoms with Crippen molar-refractivity contribution in [3.8, 4) is 5.75 Å². The number of methoxy groups -OCH3 is 1. The van der Waals surface area contributed by atoms with Gasteiger partial charge in [-0.15, -0.1) is 0 Å². The van der Waals surface area contributed by atoms with Gasteiger partial charge >= 0.3 is 22.0 Å². The van der Waals surface area contributed by atoms with Gasteiger partial charge in [0.2, 0.25) is 0 Å². The van der Waals surface area contributed by atoms with Crippen molar-refractivity contribution in [3.63, 3.8) is 0 Å². The Labute approximate surface area is 114 Å². The molecule has 0 aromatic heterocycles. The molecular formula is C10H12N2O7S. The average molecular weight is 304 g/mol. The van der Waals surface area contributed by atoms with E-state index in [1.807, 2.05) is 4.72 Å². The summed E-state index contributed by atoms with van der Waals surface area (Å²) >= 11 is 0. The molecule has 1 aromatic rings. The minimum atomic E-state index is -4.37. The topological polar surface area (TPSA) is 125 Å². The van der Waals surface area contributed by atoms with E-state index in [4.69, 9.17) is 4.74 Å². The maximum absolute atomic E-state index is 11.4. The maximum atomic E-state index is 11.4. The standard InChI is InChI=1S/C10H12N2O7S/c1-3-10(13)19-20(16,17)11-7-4-5-9(18-2)8(6-7)12(14)15/h4-6,11H,3H2,1-2H3. The van der Waals surface area contributed by atoms with Crippen molar-refractivity contribution in [3.05, 3.63) is 28.3 Å². The molecule has 0 saturated heterocycles. The van der Waals surface area contributed by atoms with Gasteiger partial charge in [0.15, 0.2) is 5.75 Å². The summed E-state index contributed by atoms with van der Waals surface area (Å²) in [5.74, 6) is -0.969. The Kier molecular flexibility index (Phi) is 4.86. The fourth-order valence-corrected chi connectivity index (χ4v) is 2.06. The molecule has 0 bridgehead atoms. The first-order valence-corrected chi connectivity index (χ1v) is 6.77. The van der Waals surface area contributed by atoms with Crippen LogP contribution >= 0.6 is 0 Å². The second-order valence-corrected chi connectivity index (χ2v) is 4.79. The first-order valence-electron chi connectivity index (χ1n) is 5.36. The number of benzene rings is 1. The number of nitrogens with zero attached hydrogens (tertiary/aromatic N) is 1. The van der Waals surface area contributed by atoms with E-state index in [9.17, 15) is 23.3 Å². The van der Waals surface area contributed by atoms with Crippen molar-refractivity contribution >= 4 is 27.6 Å². The van der Waals surface area contributed by atoms with E-state index in [1.165, 1.54) is 26.2 Å². The van der Waals surface area contributed by atoms with Crippen LogP contribution in [0.5, 0.6) is 5.75 Å². The van der Waals surface area contributed by atoms with E-state index in [1.54, 1.807) is 0 Å². The van der Waals surface area contributed by atoms with Gasteiger partial charge in [-0.05, 0) is 12.1 Å². The summed E-state index contributed by atoms with van der Waals surface area (Å²) in [6, 6.07) is 3.41. The minimum Gasteiger partial charge on any atom is -0.490 e. The molecule has 1 aromatic carbocycles. The van der Waals surface area contributed by atoms with Crippen LogP contribution in [-0.4, -0.2) is 26.4 Å². The molecule has 0 aliphatic rings. The van der Waals surface area contributed by atoms with Crippen molar-refractivity contribution in [2.24, 2.45) is 0 Å². The number of hydrogen-bond donors (Lipinski definition) is 1. The third-order valence-corrected chi connectivity index (χ3v) is 3.00. The van der Waals surface area contributed by atoms with Gasteiger partial charge < -0.3 is 8.92 Å². The van der Waals surface area contributed by atoms with Crippen LogP contribution in [0.15, 0.2) is 18.2 Å². The van der Waals surface area contributed by atoms with E-state index < -0.39 is 26.9 Å². The molecule has 0 aliphatic heterocycles. The highest BCUT2D eigenvalue weighted by molar-refractivity contribution is 7.88. The number of carbonyl (C=O) groups excluding carboxylic acids is 1. The van der Waals surface area contributed by atoms with Gasteiger partial charge in [-0.25, -0.2) is 0 Å². The molecule has 1 rings (SSSR count). The Morgan fingerprint density at radius 1 is 1.45 bits per heavy atom. The third kappa shape index (κ3) is 4.09. The molecule has 1 N–H and O–H groups in total. The molecule has 0 radical (unpaired) electrons. The number of nitro benzene ring substituents is 1. The zero-order valence-corrected chi connectivity index (χ0v) is 11.5. The lowest BCUT2D eigenvalue weighted by Crippen LogP contribution is -2.19. The summed E-state index contributed by atoms with van der Waals surface area (Å²) in [7, 11) is -3.13. The largest absolute Gasteiger partial charge is 0.490 e. The summed E-state index contributed by atoms with van der Waals surface area (Å²) in [5.41, 5.74) is -0.545. The van der Waals surface area contributed by atoms with Crippen LogP contribution in [0.25, 0.3) is 0 Å². The Morgan fingerprint density at radius 2 is 2.10 bits per heavy atom. The quantitative estimate of drug-likeness (QED) is 0.618. The van der Waals surface area contributed by atoms with Crippen LogP contribution in [0.4, 0.5) is 11.4 Å². The molecule has 10 heteroatoms. The molecular weight excluding hydrogens is 292 g/mol. The molecule has 0 spiro atoms. The minimum absolute atomic E-state index is 0.0245. The third-order valence-electron chi connectivity index (χ3n) is 2.11. The molecule has 110 valence electrons. The molecule has 0 saturated carbocycles. The molecule has 0 amide bonds. The first kappa shape index (κ1) is 15.7. The summed E-state index contributed by atoms with van der Waals surface area (Å²) < 4.78 is 33.7. The normalized spacial score (nSPS) is 10.7. The number of carbonyl (C=O) groups is 1. The predicted molar refractivity (Wildman–Crippen MR) is 68.6 cm³/mol. The highest BCUT2D eigenvalue weighted by atomic mass is 32.2. The van der Waals surface area contributed by atoms with E-state index in [2.05, 4.69) is 4.18 Å². The van der Waals surface area contributed by atoms with Crippen LogP contribution in [0.3, 0.4) is 0 Å². The number of nitro groups is 1. The van der Waals surface area contributed by atoms with E-state index in [0.29, 0.717) is 0 Å². The van der Waals surface area contributed by atoms with Crippen molar-refractivity contribution in [1.82, 2.24) is 0 Å². The summed E-state index contributed by atoms with van der Waals surface area (Å²) in [4.78, 5) is 21.0. The van der Waals surface area contributed by atoms with Gasteiger partial charge in [-0.3, -0.25) is 19.6 Å². The molecule has 9 nitrogen and oxygen atoms in total. The fourth-order valence-electron chi connectivity index (χ4n) is 1.24. The maximum Gasteiger partial charge on any atom is 0.410 e. The zero-order chi connectivity index (χ0) is 15.3. The highest BCUT2D eigenvalue weighted by Crippen LogP contribution is 2.30. The van der Waals surface area contributed by atoms with Gasteiger partial charge in [0.05, 0.1) is 17.7 Å². The smallest absolute Gasteiger partial charge is 0.410 e. The second-order valence-electron chi connectivity index (χ2n) is 3.51. The highest BCUT2D eigenvalue weighted by Gasteiger charge is 2.20. The lowest BCUT2D eigenvalue weighted by Gasteiger charge is -2.08. The zero-order valence-electron chi connectivity index (χ0n) is 10.7. The second kappa shape index (κ2) is 6.19. The van der Waals surface area contributed by atoms with E-state index >= 15 is 0 Å². The van der Waals surface area contributed by atoms with Crippen LogP contribution in [-0.2, 0) is 19.3 Å². The molecule has 0 heterocycles. The summed E-state index contributed by atoms with van der Waals surface area (Å²) in [6.45, 7) is 1.43. The van der Waals surface area contributed by atoms with E-state index in [0.717, 1.165) is 6.07 Å². The number of nitrogens with one attached hydrogen (secondary N) is 1. The number of ether oxygens (including phenoxy) is 1. The molecule has 0 unspecified atom stereocenters. The SMILES string of the molecule is CCC(=O)OS(=O)(=O)Nc1ccc(OC)c([N+](=O)[O-])c1. The summed E-state index contributed by atoms with van der Waals surface area (Å²) in [5, 5.41) is 10.8. The molecule has 0 fully saturated rings. The fraction of sp³-hybridized carbons (Fsp3) is 0.300. The Bertz CT molecular complexity index is 626. The lowest BCUT2D eigenvalue weighted by molar-refractivity contribution is -0.385. The van der Waals surface area contributed by atoms with Gasteiger partial charge in [0.25, 0.3) is 0 Å². The monoisotopic (exact) mass is 304 g/mol. The average Bonchev–Trinajstić information content (AvgIpc) is 2.37. The van der Waals surface area contributed by atoms with Gasteiger partial charge in [0, 0.05) is 12.5 Å². The summed E-state index contributed by atoms with van der Waals surface area (Å²) in [6.07, 6.45) is -0.121. The van der Waals surface area contributed by atoms with Crippen LogP contribution in [0.2, 0.25) is 0 Å². The number of anilines is 1.